The SMILES string of the molecule is c1ccc([C@H]2CC2C2=NCCN2)cc1. The van der Waals surface area contributed by atoms with Gasteiger partial charge in [0.05, 0.1) is 6.54 Å². The van der Waals surface area contributed by atoms with E-state index in [9.17, 15) is 0 Å². The molecule has 1 saturated carbocycles. The summed E-state index contributed by atoms with van der Waals surface area (Å²) < 4.78 is 0. The summed E-state index contributed by atoms with van der Waals surface area (Å²) in [4.78, 5) is 4.48. The van der Waals surface area contributed by atoms with Gasteiger partial charge in [0, 0.05) is 12.5 Å². The van der Waals surface area contributed by atoms with Gasteiger partial charge in [0.15, 0.2) is 0 Å². The molecule has 0 bridgehead atoms. The fraction of sp³-hybridized carbons (Fsp3) is 0.417. The Balaban J connectivity index is 1.74. The molecule has 2 heteroatoms. The number of benzene rings is 1. The van der Waals surface area contributed by atoms with Gasteiger partial charge in [0.2, 0.25) is 0 Å². The Kier molecular flexibility index (Phi) is 1.79. The highest BCUT2D eigenvalue weighted by molar-refractivity contribution is 5.89. The summed E-state index contributed by atoms with van der Waals surface area (Å²) in [5.74, 6) is 2.65. The number of nitrogens with one attached hydrogen (secondary N) is 1. The Hall–Kier alpha value is -1.31. The predicted octanol–water partition coefficient (Wildman–Crippen LogP) is 1.79. The molecular formula is C12H14N2. The molecule has 72 valence electrons. The van der Waals surface area contributed by atoms with Crippen molar-refractivity contribution in [3.63, 3.8) is 0 Å². The Morgan fingerprint density at radius 3 is 2.71 bits per heavy atom. The topological polar surface area (TPSA) is 24.4 Å². The summed E-state index contributed by atoms with van der Waals surface area (Å²) in [7, 11) is 0. The standard InChI is InChI=1S/C12H14N2/c1-2-4-9(5-3-1)10-8-11(10)12-13-6-7-14-12/h1-5,10-11H,6-8H2,(H,13,14)/t10-,11?/m1/s1. The molecule has 1 fully saturated rings. The zero-order chi connectivity index (χ0) is 9.38. The molecule has 2 nitrogen and oxygen atoms in total. The number of nitrogens with zero attached hydrogens (tertiary/aromatic N) is 1. The summed E-state index contributed by atoms with van der Waals surface area (Å²) in [6.07, 6.45) is 1.27. The van der Waals surface area contributed by atoms with Crippen molar-refractivity contribution in [2.75, 3.05) is 13.1 Å². The summed E-state index contributed by atoms with van der Waals surface area (Å²) in [5.41, 5.74) is 1.47. The molecule has 1 unspecified atom stereocenters. The molecular weight excluding hydrogens is 172 g/mol. The molecule has 3 rings (SSSR count). The third-order valence-electron chi connectivity index (χ3n) is 3.07. The van der Waals surface area contributed by atoms with Crippen LogP contribution in [0.4, 0.5) is 0 Å². The van der Waals surface area contributed by atoms with Gasteiger partial charge in [-0.05, 0) is 17.9 Å². The maximum atomic E-state index is 4.48. The highest BCUT2D eigenvalue weighted by Gasteiger charge is 2.42. The van der Waals surface area contributed by atoms with E-state index in [4.69, 9.17) is 0 Å². The molecule has 1 aromatic carbocycles. The van der Waals surface area contributed by atoms with Crippen LogP contribution in [-0.2, 0) is 0 Å². The maximum absolute atomic E-state index is 4.48. The Labute approximate surface area is 84.1 Å². The number of rotatable bonds is 2. The van der Waals surface area contributed by atoms with Crippen molar-refractivity contribution in [2.24, 2.45) is 10.9 Å². The molecule has 2 aliphatic rings. The second-order valence-corrected chi connectivity index (χ2v) is 4.05. The van der Waals surface area contributed by atoms with Gasteiger partial charge in [-0.3, -0.25) is 4.99 Å². The molecule has 1 heterocycles. The molecule has 0 amide bonds. The summed E-state index contributed by atoms with van der Waals surface area (Å²) in [6.45, 7) is 2.00. The van der Waals surface area contributed by atoms with Gasteiger partial charge < -0.3 is 5.32 Å². The van der Waals surface area contributed by atoms with Crippen molar-refractivity contribution in [3.8, 4) is 0 Å². The maximum Gasteiger partial charge on any atom is 0.100 e. The van der Waals surface area contributed by atoms with Gasteiger partial charge >= 0.3 is 0 Å². The van der Waals surface area contributed by atoms with E-state index >= 15 is 0 Å². The Morgan fingerprint density at radius 1 is 1.14 bits per heavy atom. The average molecular weight is 186 g/mol. The predicted molar refractivity (Wildman–Crippen MR) is 57.6 cm³/mol. The van der Waals surface area contributed by atoms with Crippen molar-refractivity contribution in [1.29, 1.82) is 0 Å². The molecule has 0 spiro atoms. The number of aliphatic imine (C=N–C) groups is 1. The van der Waals surface area contributed by atoms with Crippen LogP contribution in [0.5, 0.6) is 0 Å². The minimum Gasteiger partial charge on any atom is -0.372 e. The Bertz CT molecular complexity index is 356. The van der Waals surface area contributed by atoms with E-state index in [-0.39, 0.29) is 0 Å². The van der Waals surface area contributed by atoms with Crippen LogP contribution >= 0.6 is 0 Å². The minimum absolute atomic E-state index is 0.680. The Morgan fingerprint density at radius 2 is 2.00 bits per heavy atom. The first-order chi connectivity index (χ1) is 6.95. The van der Waals surface area contributed by atoms with Crippen LogP contribution in [0.2, 0.25) is 0 Å². The lowest BCUT2D eigenvalue weighted by Crippen LogP contribution is -2.20. The van der Waals surface area contributed by atoms with Crippen LogP contribution in [-0.4, -0.2) is 18.9 Å². The first-order valence-electron chi connectivity index (χ1n) is 5.28. The van der Waals surface area contributed by atoms with Crippen molar-refractivity contribution in [1.82, 2.24) is 5.32 Å². The normalized spacial score (nSPS) is 29.6. The second kappa shape index (κ2) is 3.12. The van der Waals surface area contributed by atoms with Gasteiger partial charge in [-0.25, -0.2) is 0 Å². The fourth-order valence-electron chi connectivity index (χ4n) is 2.23. The quantitative estimate of drug-likeness (QED) is 0.748. The van der Waals surface area contributed by atoms with Crippen molar-refractivity contribution < 1.29 is 0 Å². The first kappa shape index (κ1) is 8.04. The minimum atomic E-state index is 0.680. The van der Waals surface area contributed by atoms with Crippen LogP contribution in [0.25, 0.3) is 0 Å². The van der Waals surface area contributed by atoms with E-state index in [2.05, 4.69) is 40.6 Å². The van der Waals surface area contributed by atoms with Crippen LogP contribution < -0.4 is 5.32 Å². The summed E-state index contributed by atoms with van der Waals surface area (Å²) in [6, 6.07) is 10.8. The molecule has 1 aliphatic carbocycles. The highest BCUT2D eigenvalue weighted by Crippen LogP contribution is 2.48. The van der Waals surface area contributed by atoms with E-state index < -0.39 is 0 Å². The fourth-order valence-corrected chi connectivity index (χ4v) is 2.23. The van der Waals surface area contributed by atoms with E-state index in [0.29, 0.717) is 5.92 Å². The first-order valence-corrected chi connectivity index (χ1v) is 5.28. The van der Waals surface area contributed by atoms with Crippen molar-refractivity contribution in [2.45, 2.75) is 12.3 Å². The lowest BCUT2D eigenvalue weighted by Gasteiger charge is -2.01. The monoisotopic (exact) mass is 186 g/mol. The van der Waals surface area contributed by atoms with Gasteiger partial charge in [-0.1, -0.05) is 30.3 Å². The molecule has 1 aromatic rings. The zero-order valence-corrected chi connectivity index (χ0v) is 8.11. The molecule has 0 saturated heterocycles. The van der Waals surface area contributed by atoms with Gasteiger partial charge in [0.1, 0.15) is 5.84 Å². The van der Waals surface area contributed by atoms with Crippen LogP contribution in [0.15, 0.2) is 35.3 Å². The highest BCUT2D eigenvalue weighted by atomic mass is 15.1. The number of amidine groups is 1. The summed E-state index contributed by atoms with van der Waals surface area (Å²) >= 11 is 0. The third-order valence-corrected chi connectivity index (χ3v) is 3.07. The largest absolute Gasteiger partial charge is 0.372 e. The smallest absolute Gasteiger partial charge is 0.100 e. The molecule has 2 atom stereocenters. The summed E-state index contributed by atoms with van der Waals surface area (Å²) in [5, 5.41) is 3.37. The lowest BCUT2D eigenvalue weighted by molar-refractivity contribution is 0.933. The van der Waals surface area contributed by atoms with Gasteiger partial charge in [0.25, 0.3) is 0 Å². The van der Waals surface area contributed by atoms with Crippen LogP contribution in [0, 0.1) is 5.92 Å². The van der Waals surface area contributed by atoms with E-state index in [1.165, 1.54) is 17.8 Å². The number of hydrogen-bond acceptors (Lipinski definition) is 2. The zero-order valence-electron chi connectivity index (χ0n) is 8.11. The van der Waals surface area contributed by atoms with Crippen molar-refractivity contribution >= 4 is 5.84 Å². The van der Waals surface area contributed by atoms with Crippen LogP contribution in [0.3, 0.4) is 0 Å². The van der Waals surface area contributed by atoms with Gasteiger partial charge in [-0.2, -0.15) is 0 Å². The van der Waals surface area contributed by atoms with E-state index in [1.807, 2.05) is 0 Å². The average Bonchev–Trinajstić information content (AvgIpc) is 2.87. The second-order valence-electron chi connectivity index (χ2n) is 4.05. The third kappa shape index (κ3) is 1.31. The van der Waals surface area contributed by atoms with Gasteiger partial charge in [-0.15, -0.1) is 0 Å². The molecule has 1 N–H and O–H groups in total. The molecule has 0 aromatic heterocycles. The number of hydrogen-bond donors (Lipinski definition) is 1. The van der Waals surface area contributed by atoms with E-state index in [1.54, 1.807) is 0 Å². The molecule has 14 heavy (non-hydrogen) atoms. The van der Waals surface area contributed by atoms with Crippen molar-refractivity contribution in [3.05, 3.63) is 35.9 Å². The molecule has 1 aliphatic heterocycles. The van der Waals surface area contributed by atoms with E-state index in [0.717, 1.165) is 19.0 Å². The van der Waals surface area contributed by atoms with Crippen LogP contribution in [0.1, 0.15) is 17.9 Å². The lowest BCUT2D eigenvalue weighted by atomic mass is 10.1. The molecule has 0 radical (unpaired) electrons.